The quantitative estimate of drug-likeness (QED) is 0.925. The van der Waals surface area contributed by atoms with Crippen molar-refractivity contribution < 1.29 is 4.74 Å². The van der Waals surface area contributed by atoms with Gasteiger partial charge in [-0.25, -0.2) is 0 Å². The minimum Gasteiger partial charge on any atom is -0.495 e. The van der Waals surface area contributed by atoms with Gasteiger partial charge in [-0.2, -0.15) is 0 Å². The first-order chi connectivity index (χ1) is 7.56. The van der Waals surface area contributed by atoms with Gasteiger partial charge in [0.2, 0.25) is 0 Å². The van der Waals surface area contributed by atoms with Crippen LogP contribution < -0.4 is 10.5 Å². The zero-order valence-electron chi connectivity index (χ0n) is 9.72. The number of aryl methyl sites for hydroxylation is 1. The molecule has 0 atom stereocenters. The standard InChI is InChI=1S/C12H17BrN2O/c1-8-10(3-4-12(14)5-6-12)15-7-9(13)11(8)16-2/h7H,3-6,14H2,1-2H3. The van der Waals surface area contributed by atoms with Crippen LogP contribution in [0, 0.1) is 6.92 Å². The van der Waals surface area contributed by atoms with Crippen molar-refractivity contribution >= 4 is 15.9 Å². The molecule has 0 unspecified atom stereocenters. The highest BCUT2D eigenvalue weighted by Gasteiger charge is 2.37. The summed E-state index contributed by atoms with van der Waals surface area (Å²) in [5, 5.41) is 0. The first kappa shape index (κ1) is 11.9. The van der Waals surface area contributed by atoms with Crippen molar-refractivity contribution in [1.82, 2.24) is 4.98 Å². The molecule has 0 aromatic carbocycles. The molecule has 1 aliphatic rings. The van der Waals surface area contributed by atoms with Gasteiger partial charge in [0, 0.05) is 23.0 Å². The SMILES string of the molecule is COc1c(Br)cnc(CCC2(N)CC2)c1C. The Morgan fingerprint density at radius 1 is 1.56 bits per heavy atom. The highest BCUT2D eigenvalue weighted by atomic mass is 79.9. The largest absolute Gasteiger partial charge is 0.495 e. The molecule has 1 heterocycles. The number of methoxy groups -OCH3 is 1. The zero-order chi connectivity index (χ0) is 11.8. The van der Waals surface area contributed by atoms with Crippen LogP contribution >= 0.6 is 15.9 Å². The third-order valence-electron chi connectivity index (χ3n) is 3.28. The van der Waals surface area contributed by atoms with E-state index in [1.807, 2.05) is 6.92 Å². The van der Waals surface area contributed by atoms with E-state index in [2.05, 4.69) is 20.9 Å². The monoisotopic (exact) mass is 284 g/mol. The van der Waals surface area contributed by atoms with E-state index in [0.717, 1.165) is 47.2 Å². The summed E-state index contributed by atoms with van der Waals surface area (Å²) in [5.41, 5.74) is 8.37. The second-order valence-electron chi connectivity index (χ2n) is 4.57. The van der Waals surface area contributed by atoms with Gasteiger partial charge >= 0.3 is 0 Å². The topological polar surface area (TPSA) is 48.1 Å². The number of rotatable bonds is 4. The smallest absolute Gasteiger partial charge is 0.139 e. The van der Waals surface area contributed by atoms with Crippen molar-refractivity contribution in [3.63, 3.8) is 0 Å². The van der Waals surface area contributed by atoms with Crippen LogP contribution in [0.3, 0.4) is 0 Å². The molecule has 0 radical (unpaired) electrons. The van der Waals surface area contributed by atoms with E-state index >= 15 is 0 Å². The molecule has 4 heteroatoms. The summed E-state index contributed by atoms with van der Waals surface area (Å²) in [6.07, 6.45) is 6.06. The lowest BCUT2D eigenvalue weighted by Gasteiger charge is -2.13. The van der Waals surface area contributed by atoms with E-state index in [1.165, 1.54) is 0 Å². The van der Waals surface area contributed by atoms with Gasteiger partial charge in [-0.3, -0.25) is 4.98 Å². The van der Waals surface area contributed by atoms with Gasteiger partial charge in [0.15, 0.2) is 0 Å². The van der Waals surface area contributed by atoms with Crippen LogP contribution in [-0.4, -0.2) is 17.6 Å². The summed E-state index contributed by atoms with van der Waals surface area (Å²) in [5.74, 6) is 0.881. The normalized spacial score (nSPS) is 17.2. The lowest BCUT2D eigenvalue weighted by Crippen LogP contribution is -2.22. The third-order valence-corrected chi connectivity index (χ3v) is 3.85. The molecule has 2 rings (SSSR count). The Kier molecular flexibility index (Phi) is 3.22. The molecular weight excluding hydrogens is 268 g/mol. The van der Waals surface area contributed by atoms with E-state index < -0.39 is 0 Å². The van der Waals surface area contributed by atoms with Gasteiger partial charge in [-0.05, 0) is 48.5 Å². The molecule has 0 bridgehead atoms. The molecule has 16 heavy (non-hydrogen) atoms. The van der Waals surface area contributed by atoms with Crippen molar-refractivity contribution in [3.05, 3.63) is 21.9 Å². The van der Waals surface area contributed by atoms with Gasteiger partial charge in [0.25, 0.3) is 0 Å². The number of ether oxygens (including phenoxy) is 1. The molecule has 0 spiro atoms. The van der Waals surface area contributed by atoms with E-state index in [9.17, 15) is 0 Å². The van der Waals surface area contributed by atoms with Gasteiger partial charge in [0.05, 0.1) is 11.6 Å². The van der Waals surface area contributed by atoms with Gasteiger partial charge < -0.3 is 10.5 Å². The molecule has 1 aliphatic carbocycles. The molecule has 0 amide bonds. The maximum absolute atomic E-state index is 6.08. The second kappa shape index (κ2) is 4.34. The third kappa shape index (κ3) is 2.38. The molecule has 1 saturated carbocycles. The van der Waals surface area contributed by atoms with Crippen molar-refractivity contribution in [2.24, 2.45) is 5.73 Å². The molecule has 0 aliphatic heterocycles. The Morgan fingerprint density at radius 2 is 2.25 bits per heavy atom. The Hall–Kier alpha value is -0.610. The Balaban J connectivity index is 2.14. The van der Waals surface area contributed by atoms with Crippen LogP contribution in [0.4, 0.5) is 0 Å². The second-order valence-corrected chi connectivity index (χ2v) is 5.43. The fourth-order valence-corrected chi connectivity index (χ4v) is 2.44. The Bertz CT molecular complexity index is 402. The summed E-state index contributed by atoms with van der Waals surface area (Å²) < 4.78 is 6.25. The van der Waals surface area contributed by atoms with Crippen LogP contribution in [0.15, 0.2) is 10.7 Å². The minimum atomic E-state index is 0.0917. The Labute approximate surface area is 105 Å². The van der Waals surface area contributed by atoms with Crippen LogP contribution in [0.1, 0.15) is 30.5 Å². The van der Waals surface area contributed by atoms with E-state index in [4.69, 9.17) is 10.5 Å². The van der Waals surface area contributed by atoms with Gasteiger partial charge in [-0.15, -0.1) is 0 Å². The minimum absolute atomic E-state index is 0.0917. The van der Waals surface area contributed by atoms with Crippen molar-refractivity contribution in [2.45, 2.75) is 38.1 Å². The fraction of sp³-hybridized carbons (Fsp3) is 0.583. The first-order valence-electron chi connectivity index (χ1n) is 5.52. The molecule has 0 saturated heterocycles. The van der Waals surface area contributed by atoms with E-state index in [-0.39, 0.29) is 5.54 Å². The number of pyridine rings is 1. The molecule has 88 valence electrons. The fourth-order valence-electron chi connectivity index (χ4n) is 1.88. The lowest BCUT2D eigenvalue weighted by molar-refractivity contribution is 0.407. The van der Waals surface area contributed by atoms with Gasteiger partial charge in [0.1, 0.15) is 5.75 Å². The molecule has 2 N–H and O–H groups in total. The number of hydrogen-bond acceptors (Lipinski definition) is 3. The van der Waals surface area contributed by atoms with E-state index in [1.54, 1.807) is 13.3 Å². The highest BCUT2D eigenvalue weighted by molar-refractivity contribution is 9.10. The molecular formula is C12H17BrN2O. The zero-order valence-corrected chi connectivity index (χ0v) is 11.3. The van der Waals surface area contributed by atoms with Crippen LogP contribution in [0.5, 0.6) is 5.75 Å². The molecule has 3 nitrogen and oxygen atoms in total. The first-order valence-corrected chi connectivity index (χ1v) is 6.32. The van der Waals surface area contributed by atoms with Crippen LogP contribution in [-0.2, 0) is 6.42 Å². The summed E-state index contributed by atoms with van der Waals surface area (Å²) in [7, 11) is 1.68. The highest BCUT2D eigenvalue weighted by Crippen LogP contribution is 2.37. The average molecular weight is 285 g/mol. The number of halogens is 1. The van der Waals surface area contributed by atoms with Gasteiger partial charge in [-0.1, -0.05) is 0 Å². The maximum atomic E-state index is 6.08. The summed E-state index contributed by atoms with van der Waals surface area (Å²) in [4.78, 5) is 4.43. The maximum Gasteiger partial charge on any atom is 0.139 e. The number of nitrogens with two attached hydrogens (primary N) is 1. The van der Waals surface area contributed by atoms with Crippen LogP contribution in [0.2, 0.25) is 0 Å². The number of hydrogen-bond donors (Lipinski definition) is 1. The Morgan fingerprint density at radius 3 is 2.81 bits per heavy atom. The van der Waals surface area contributed by atoms with Crippen molar-refractivity contribution in [2.75, 3.05) is 7.11 Å². The van der Waals surface area contributed by atoms with Crippen LogP contribution in [0.25, 0.3) is 0 Å². The molecule has 1 fully saturated rings. The predicted octanol–water partition coefficient (Wildman–Crippen LogP) is 2.59. The van der Waals surface area contributed by atoms with Crippen molar-refractivity contribution in [3.8, 4) is 5.75 Å². The van der Waals surface area contributed by atoms with E-state index in [0.29, 0.717) is 0 Å². The lowest BCUT2D eigenvalue weighted by atomic mass is 10.0. The predicted molar refractivity (Wildman–Crippen MR) is 67.7 cm³/mol. The summed E-state index contributed by atoms with van der Waals surface area (Å²) in [6, 6.07) is 0. The number of nitrogens with zero attached hydrogens (tertiary/aromatic N) is 1. The molecule has 1 aromatic heterocycles. The summed E-state index contributed by atoms with van der Waals surface area (Å²) >= 11 is 3.43. The number of aromatic nitrogens is 1. The summed E-state index contributed by atoms with van der Waals surface area (Å²) in [6.45, 7) is 2.04. The average Bonchev–Trinajstić information content (AvgIpc) is 2.97. The van der Waals surface area contributed by atoms with Crippen molar-refractivity contribution in [1.29, 1.82) is 0 Å². The molecule has 1 aromatic rings.